The molecule has 4 aromatic carbocycles. The van der Waals surface area contributed by atoms with Crippen molar-refractivity contribution < 1.29 is 34.0 Å². The van der Waals surface area contributed by atoms with Crippen LogP contribution >= 0.6 is 11.6 Å². The molecule has 6 rings (SSSR count). The topological polar surface area (TPSA) is 130 Å². The fraction of sp³-hybridized carbons (Fsp3) is 0.381. The molecule has 0 saturated carbocycles. The number of benzene rings is 4. The minimum atomic E-state index is -0.893. The molecule has 2 fully saturated rings. The standard InChI is InChI=1S/C42H48ClN3O7/c1-3-51-38(48)25-45-41(49)44-24-33-6-4-5-7-36(33)30-12-14-32(15-13-30)40-52-37(28(2)39(53-40)31-10-8-29(27-47)9-11-31)26-46-22-20-42(50,21-23-46)34-16-18-35(43)19-17-34/h4-19,28,37,39-40,47,50H,3,20-27H2,1-2H3,(H2,44,45,49). The number of aliphatic hydroxyl groups is 2. The molecular formula is C42H48ClN3O7. The van der Waals surface area contributed by atoms with E-state index < -0.39 is 23.9 Å². The number of carbonyl (C=O) groups is 2. The fourth-order valence-electron chi connectivity index (χ4n) is 7.12. The van der Waals surface area contributed by atoms with Crippen molar-refractivity contribution >= 4 is 23.6 Å². The van der Waals surface area contributed by atoms with Gasteiger partial charge < -0.3 is 40.0 Å². The number of halogens is 1. The molecule has 2 aliphatic heterocycles. The van der Waals surface area contributed by atoms with Crippen LogP contribution in [-0.4, -0.2) is 66.0 Å². The number of aliphatic hydroxyl groups excluding tert-OH is 1. The van der Waals surface area contributed by atoms with Crippen LogP contribution in [0.25, 0.3) is 11.1 Å². The van der Waals surface area contributed by atoms with Crippen LogP contribution in [-0.2, 0) is 37.8 Å². The summed E-state index contributed by atoms with van der Waals surface area (Å²) in [4.78, 5) is 26.3. The fourth-order valence-corrected chi connectivity index (χ4v) is 7.24. The number of nitrogens with zero attached hydrogens (tertiary/aromatic N) is 1. The van der Waals surface area contributed by atoms with Crippen LogP contribution in [0.4, 0.5) is 4.79 Å². The normalized spacial score (nSPS) is 21.5. The second kappa shape index (κ2) is 17.7. The predicted octanol–water partition coefficient (Wildman–Crippen LogP) is 6.64. The summed E-state index contributed by atoms with van der Waals surface area (Å²) in [5.74, 6) is -0.466. The zero-order valence-electron chi connectivity index (χ0n) is 30.2. The number of rotatable bonds is 12. The van der Waals surface area contributed by atoms with Gasteiger partial charge in [0.15, 0.2) is 6.29 Å². The van der Waals surface area contributed by atoms with E-state index in [2.05, 4.69) is 22.5 Å². The molecule has 4 aromatic rings. The molecule has 11 heteroatoms. The van der Waals surface area contributed by atoms with E-state index in [1.807, 2.05) is 97.1 Å². The Labute approximate surface area is 316 Å². The SMILES string of the molecule is CCOC(=O)CNC(=O)NCc1ccccc1-c1ccc(C2OC(CN3CCC(O)(c4ccc(Cl)cc4)CC3)C(C)C(c3ccc(CO)cc3)O2)cc1. The van der Waals surface area contributed by atoms with Gasteiger partial charge in [0, 0.05) is 42.7 Å². The molecule has 4 atom stereocenters. The van der Waals surface area contributed by atoms with Gasteiger partial charge in [-0.25, -0.2) is 4.79 Å². The molecule has 0 radical (unpaired) electrons. The first-order valence-electron chi connectivity index (χ1n) is 18.2. The number of ether oxygens (including phenoxy) is 3. The summed E-state index contributed by atoms with van der Waals surface area (Å²) in [5.41, 5.74) is 5.59. The van der Waals surface area contributed by atoms with E-state index in [9.17, 15) is 19.8 Å². The third kappa shape index (κ3) is 9.64. The first-order chi connectivity index (χ1) is 25.7. The van der Waals surface area contributed by atoms with Crippen molar-refractivity contribution in [2.75, 3.05) is 32.8 Å². The number of likely N-dealkylation sites (tertiary alicyclic amines) is 1. The van der Waals surface area contributed by atoms with E-state index in [-0.39, 0.29) is 44.4 Å². The van der Waals surface area contributed by atoms with Crippen molar-refractivity contribution in [3.8, 4) is 11.1 Å². The molecule has 2 amide bonds. The van der Waals surface area contributed by atoms with Crippen LogP contribution in [0.5, 0.6) is 0 Å². The molecule has 2 aliphatic rings. The van der Waals surface area contributed by atoms with Crippen LogP contribution in [0.2, 0.25) is 5.02 Å². The second-order valence-corrected chi connectivity index (χ2v) is 14.2. The Morgan fingerprint density at radius 2 is 1.58 bits per heavy atom. The molecular weight excluding hydrogens is 694 g/mol. The van der Waals surface area contributed by atoms with Crippen LogP contribution in [0, 0.1) is 5.92 Å². The average Bonchev–Trinajstić information content (AvgIpc) is 3.18. The van der Waals surface area contributed by atoms with E-state index in [1.54, 1.807) is 6.92 Å². The van der Waals surface area contributed by atoms with Crippen molar-refractivity contribution in [2.24, 2.45) is 5.92 Å². The maximum Gasteiger partial charge on any atom is 0.325 e. The smallest absolute Gasteiger partial charge is 0.325 e. The third-order valence-electron chi connectivity index (χ3n) is 10.3. The number of amides is 2. The summed E-state index contributed by atoms with van der Waals surface area (Å²) in [6, 6.07) is 30.8. The Hall–Kier alpha value is -4.29. The lowest BCUT2D eigenvalue weighted by Crippen LogP contribution is -2.49. The second-order valence-electron chi connectivity index (χ2n) is 13.8. The van der Waals surface area contributed by atoms with Crippen LogP contribution in [0.15, 0.2) is 97.1 Å². The Bertz CT molecular complexity index is 1810. The lowest BCUT2D eigenvalue weighted by Gasteiger charge is -2.45. The minimum Gasteiger partial charge on any atom is -0.465 e. The number of hydrogen-bond donors (Lipinski definition) is 4. The van der Waals surface area contributed by atoms with E-state index in [0.717, 1.165) is 52.0 Å². The number of esters is 1. The van der Waals surface area contributed by atoms with Gasteiger partial charge in [-0.05, 0) is 65.3 Å². The van der Waals surface area contributed by atoms with Crippen molar-refractivity contribution in [2.45, 2.75) is 63.9 Å². The first kappa shape index (κ1) is 38.4. The molecule has 10 nitrogen and oxygen atoms in total. The zero-order valence-corrected chi connectivity index (χ0v) is 30.9. The van der Waals surface area contributed by atoms with E-state index in [0.29, 0.717) is 24.4 Å². The number of hydrogen-bond acceptors (Lipinski definition) is 8. The highest BCUT2D eigenvalue weighted by molar-refractivity contribution is 6.30. The summed E-state index contributed by atoms with van der Waals surface area (Å²) in [6.45, 7) is 6.31. The van der Waals surface area contributed by atoms with Gasteiger partial charge in [0.1, 0.15) is 6.54 Å². The minimum absolute atomic E-state index is 0.0245. The molecule has 2 saturated heterocycles. The van der Waals surface area contributed by atoms with Crippen LogP contribution in [0.3, 0.4) is 0 Å². The van der Waals surface area contributed by atoms with E-state index in [4.69, 9.17) is 25.8 Å². The molecule has 280 valence electrons. The summed E-state index contributed by atoms with van der Waals surface area (Å²) >= 11 is 6.10. The largest absolute Gasteiger partial charge is 0.465 e. The highest BCUT2D eigenvalue weighted by Crippen LogP contribution is 2.43. The van der Waals surface area contributed by atoms with E-state index >= 15 is 0 Å². The summed E-state index contributed by atoms with van der Waals surface area (Å²) < 4.78 is 18.3. The van der Waals surface area contributed by atoms with Crippen molar-refractivity contribution in [1.29, 1.82) is 0 Å². The monoisotopic (exact) mass is 741 g/mol. The third-order valence-corrected chi connectivity index (χ3v) is 10.5. The van der Waals surface area contributed by atoms with Crippen LogP contribution < -0.4 is 10.6 Å². The molecule has 53 heavy (non-hydrogen) atoms. The van der Waals surface area contributed by atoms with Gasteiger partial charge >= 0.3 is 12.0 Å². The van der Waals surface area contributed by atoms with Gasteiger partial charge in [-0.15, -0.1) is 0 Å². The maximum absolute atomic E-state index is 12.3. The summed E-state index contributed by atoms with van der Waals surface area (Å²) in [7, 11) is 0. The molecule has 2 heterocycles. The Morgan fingerprint density at radius 3 is 2.26 bits per heavy atom. The zero-order chi connectivity index (χ0) is 37.4. The molecule has 4 N–H and O–H groups in total. The molecule has 0 spiro atoms. The van der Waals surface area contributed by atoms with E-state index in [1.165, 1.54) is 0 Å². The van der Waals surface area contributed by atoms with Crippen molar-refractivity contribution in [3.63, 3.8) is 0 Å². The first-order valence-corrected chi connectivity index (χ1v) is 18.6. The Kier molecular flexibility index (Phi) is 12.8. The van der Waals surface area contributed by atoms with Gasteiger partial charge in [-0.1, -0.05) is 103 Å². The van der Waals surface area contributed by atoms with Gasteiger partial charge in [0.2, 0.25) is 0 Å². The van der Waals surface area contributed by atoms with Gasteiger partial charge in [-0.3, -0.25) is 4.79 Å². The number of piperidine rings is 1. The molecule has 0 aromatic heterocycles. The number of nitrogens with one attached hydrogen (secondary N) is 2. The Morgan fingerprint density at radius 1 is 0.906 bits per heavy atom. The lowest BCUT2D eigenvalue weighted by molar-refractivity contribution is -0.277. The quantitative estimate of drug-likeness (QED) is 0.119. The van der Waals surface area contributed by atoms with Crippen molar-refractivity contribution in [1.82, 2.24) is 15.5 Å². The molecule has 4 unspecified atom stereocenters. The highest BCUT2D eigenvalue weighted by atomic mass is 35.5. The van der Waals surface area contributed by atoms with Crippen molar-refractivity contribution in [3.05, 3.63) is 130 Å². The maximum atomic E-state index is 12.3. The summed E-state index contributed by atoms with van der Waals surface area (Å²) in [6.07, 6.45) is 0.198. The van der Waals surface area contributed by atoms with Gasteiger partial charge in [-0.2, -0.15) is 0 Å². The van der Waals surface area contributed by atoms with Gasteiger partial charge in [0.25, 0.3) is 0 Å². The van der Waals surface area contributed by atoms with Crippen LogP contribution in [0.1, 0.15) is 66.9 Å². The lowest BCUT2D eigenvalue weighted by atomic mass is 9.84. The predicted molar refractivity (Wildman–Crippen MR) is 203 cm³/mol. The molecule has 0 bridgehead atoms. The number of carbonyl (C=O) groups excluding carboxylic acids is 2. The Balaban J connectivity index is 1.16. The highest BCUT2D eigenvalue weighted by Gasteiger charge is 2.41. The van der Waals surface area contributed by atoms with Gasteiger partial charge in [0.05, 0.1) is 31.0 Å². The average molecular weight is 742 g/mol. The number of urea groups is 1. The summed E-state index contributed by atoms with van der Waals surface area (Å²) in [5, 5.41) is 27.1. The molecule has 0 aliphatic carbocycles.